The summed E-state index contributed by atoms with van der Waals surface area (Å²) in [4.78, 5) is 47.1. The van der Waals surface area contributed by atoms with E-state index >= 15 is 0 Å². The van der Waals surface area contributed by atoms with Crippen LogP contribution in [0.4, 0.5) is 20.2 Å². The molecule has 0 radical (unpaired) electrons. The molecule has 4 aromatic carbocycles. The lowest BCUT2D eigenvalue weighted by atomic mass is 10.0. The lowest BCUT2D eigenvalue weighted by molar-refractivity contribution is -0.133. The zero-order valence-corrected chi connectivity index (χ0v) is 32.2. The maximum absolute atomic E-state index is 14.5. The molecule has 0 heterocycles. The number of amides is 2. The monoisotopic (exact) mass is 793 g/mol. The zero-order chi connectivity index (χ0) is 42.2. The Balaban J connectivity index is 0.000000246. The third kappa shape index (κ3) is 11.6. The van der Waals surface area contributed by atoms with Crippen molar-refractivity contribution >= 4 is 35.1 Å². The van der Waals surface area contributed by atoms with E-state index in [0.29, 0.717) is 74.3 Å². The number of ether oxygens (including phenoxy) is 2. The van der Waals surface area contributed by atoms with Gasteiger partial charge in [0, 0.05) is 28.8 Å². The number of anilines is 2. The van der Waals surface area contributed by atoms with Gasteiger partial charge in [0.25, 0.3) is 11.8 Å². The number of carbonyl (C=O) groups is 4. The molecule has 0 saturated heterocycles. The number of terminal acetylenes is 1. The fourth-order valence-corrected chi connectivity index (χ4v) is 6.28. The zero-order valence-electron chi connectivity index (χ0n) is 32.2. The maximum atomic E-state index is 14.5. The Kier molecular flexibility index (Phi) is 16.3. The highest BCUT2D eigenvalue weighted by Gasteiger charge is 2.27. The molecule has 58 heavy (non-hydrogen) atoms. The number of carboxylic acids is 2. The summed E-state index contributed by atoms with van der Waals surface area (Å²) < 4.78 is 39.9. The molecule has 0 fully saturated rings. The van der Waals surface area contributed by atoms with Crippen molar-refractivity contribution in [3.05, 3.63) is 119 Å². The minimum atomic E-state index is -1.11. The van der Waals surface area contributed by atoms with Gasteiger partial charge in [0.15, 0.2) is 0 Å². The molecule has 0 unspecified atom stereocenters. The Hall–Kier alpha value is -6.78. The number of halogens is 2. The van der Waals surface area contributed by atoms with Crippen LogP contribution >= 0.6 is 0 Å². The van der Waals surface area contributed by atoms with Gasteiger partial charge in [0.1, 0.15) is 36.3 Å². The first-order valence-electron chi connectivity index (χ1n) is 18.7. The normalized spacial score (nSPS) is 13.0. The Morgan fingerprint density at radius 3 is 1.47 bits per heavy atom. The van der Waals surface area contributed by atoms with Gasteiger partial charge in [-0.3, -0.25) is 9.59 Å². The van der Waals surface area contributed by atoms with Gasteiger partial charge in [-0.15, -0.1) is 6.42 Å². The second-order valence-electron chi connectivity index (χ2n) is 12.7. The smallest absolute Gasteiger partial charge is 0.332 e. The van der Waals surface area contributed by atoms with Gasteiger partial charge in [0.05, 0.1) is 11.4 Å². The number of carboxylic acid groups (broad SMARTS) is 2. The van der Waals surface area contributed by atoms with Crippen LogP contribution in [0.2, 0.25) is 0 Å². The molecule has 6 N–H and O–H groups in total. The van der Waals surface area contributed by atoms with Gasteiger partial charge in [-0.05, 0) is 109 Å². The topological polar surface area (TPSA) is 177 Å². The number of nitrogens with two attached hydrogens (primary N) is 1. The molecule has 302 valence electrons. The highest BCUT2D eigenvalue weighted by Crippen LogP contribution is 2.32. The van der Waals surface area contributed by atoms with Crippen LogP contribution in [-0.2, 0) is 19.2 Å². The van der Waals surface area contributed by atoms with E-state index in [4.69, 9.17) is 31.8 Å². The SMILES string of the molecule is C#CCOc1cccc(-c2ccc(NC(=O)C3=C(C(=O)O)CCC3)c(F)c2)c1.CC.NCCOc1cccc(-c2ccc(NC(=O)C3=C(C(=O)O)CCC3)c(F)c2)c1. The van der Waals surface area contributed by atoms with Gasteiger partial charge < -0.3 is 36.1 Å². The highest BCUT2D eigenvalue weighted by atomic mass is 19.1. The summed E-state index contributed by atoms with van der Waals surface area (Å²) >= 11 is 0. The van der Waals surface area contributed by atoms with E-state index < -0.39 is 35.4 Å². The first kappa shape index (κ1) is 43.9. The van der Waals surface area contributed by atoms with E-state index in [1.807, 2.05) is 19.9 Å². The van der Waals surface area contributed by atoms with Crippen LogP contribution < -0.4 is 25.8 Å². The van der Waals surface area contributed by atoms with E-state index in [0.717, 1.165) is 11.1 Å². The predicted octanol–water partition coefficient (Wildman–Crippen LogP) is 8.37. The molecule has 0 spiro atoms. The summed E-state index contributed by atoms with van der Waals surface area (Å²) in [7, 11) is 0. The summed E-state index contributed by atoms with van der Waals surface area (Å²) in [6.45, 7) is 4.92. The molecule has 4 aromatic rings. The molecule has 11 nitrogen and oxygen atoms in total. The molecular formula is C45H45F2N3O8. The van der Waals surface area contributed by atoms with Crippen molar-refractivity contribution in [2.45, 2.75) is 52.4 Å². The fraction of sp³-hybridized carbons (Fsp3) is 0.244. The van der Waals surface area contributed by atoms with Crippen LogP contribution in [0.25, 0.3) is 22.3 Å². The first-order valence-corrected chi connectivity index (χ1v) is 18.7. The summed E-state index contributed by atoms with van der Waals surface area (Å²) in [6, 6.07) is 23.2. The van der Waals surface area contributed by atoms with Crippen molar-refractivity contribution in [2.75, 3.05) is 30.4 Å². The number of hydrogen-bond donors (Lipinski definition) is 5. The molecule has 13 heteroatoms. The number of aliphatic carboxylic acids is 2. The average Bonchev–Trinajstić information content (AvgIpc) is 3.94. The third-order valence-corrected chi connectivity index (χ3v) is 8.98. The summed E-state index contributed by atoms with van der Waals surface area (Å²) in [5.74, 6) is -0.986. The molecule has 2 aliphatic rings. The van der Waals surface area contributed by atoms with E-state index in [9.17, 15) is 28.0 Å². The summed E-state index contributed by atoms with van der Waals surface area (Å²) in [5, 5.41) is 23.3. The van der Waals surface area contributed by atoms with Crippen LogP contribution in [0.3, 0.4) is 0 Å². The maximum Gasteiger partial charge on any atom is 0.332 e. The first-order chi connectivity index (χ1) is 28.0. The molecule has 6 rings (SSSR count). The lowest BCUT2D eigenvalue weighted by Crippen LogP contribution is -2.17. The minimum Gasteiger partial charge on any atom is -0.492 e. The van der Waals surface area contributed by atoms with Crippen LogP contribution in [0.1, 0.15) is 52.4 Å². The van der Waals surface area contributed by atoms with Gasteiger partial charge in [-0.25, -0.2) is 18.4 Å². The van der Waals surface area contributed by atoms with E-state index in [2.05, 4.69) is 16.6 Å². The quantitative estimate of drug-likeness (QED) is 0.0833. The van der Waals surface area contributed by atoms with Crippen molar-refractivity contribution in [3.8, 4) is 46.1 Å². The van der Waals surface area contributed by atoms with Crippen LogP contribution in [0, 0.1) is 24.0 Å². The van der Waals surface area contributed by atoms with Gasteiger partial charge in [-0.1, -0.05) is 56.2 Å². The molecule has 2 aliphatic carbocycles. The van der Waals surface area contributed by atoms with Crippen molar-refractivity contribution in [1.29, 1.82) is 0 Å². The Labute approximate surface area is 335 Å². The van der Waals surface area contributed by atoms with Crippen molar-refractivity contribution in [1.82, 2.24) is 0 Å². The van der Waals surface area contributed by atoms with E-state index in [1.165, 1.54) is 24.3 Å². The van der Waals surface area contributed by atoms with Crippen molar-refractivity contribution < 1.29 is 47.6 Å². The van der Waals surface area contributed by atoms with Crippen LogP contribution in [0.15, 0.2) is 107 Å². The number of nitrogens with one attached hydrogen (secondary N) is 2. The fourth-order valence-electron chi connectivity index (χ4n) is 6.28. The Morgan fingerprint density at radius 2 is 1.07 bits per heavy atom. The number of benzene rings is 4. The minimum absolute atomic E-state index is 0.00220. The number of hydrogen-bond acceptors (Lipinski definition) is 7. The van der Waals surface area contributed by atoms with Crippen molar-refractivity contribution in [2.24, 2.45) is 5.73 Å². The second-order valence-corrected chi connectivity index (χ2v) is 12.7. The van der Waals surface area contributed by atoms with Gasteiger partial charge >= 0.3 is 11.9 Å². The molecule has 0 bridgehead atoms. The standard InChI is InChI=1S/C22H18FNO4.C21H21FN2O4.C2H6/c1-2-11-28-16-6-3-5-14(12-16)15-9-10-20(19(23)13-15)24-21(25)17-7-4-8-18(17)22(26)27;22-18-12-14(13-3-1-4-15(11-13)28-10-9-23)7-8-19(18)24-20(25)16-5-2-6-17(16)21(26)27;1-2/h1,3,5-6,9-10,12-13H,4,7-8,11H2,(H,24,25)(H,26,27);1,3-4,7-8,11-12H,2,5-6,9-10,23H2,(H,24,25)(H,26,27);1-2H3. The van der Waals surface area contributed by atoms with Gasteiger partial charge in [-0.2, -0.15) is 0 Å². The lowest BCUT2D eigenvalue weighted by Gasteiger charge is -2.11. The summed E-state index contributed by atoms with van der Waals surface area (Å²) in [6.07, 6.45) is 7.83. The summed E-state index contributed by atoms with van der Waals surface area (Å²) in [5.41, 5.74) is 8.77. The number of carbonyl (C=O) groups excluding carboxylic acids is 2. The average molecular weight is 794 g/mol. The molecule has 0 aliphatic heterocycles. The molecule has 0 saturated carbocycles. The third-order valence-electron chi connectivity index (χ3n) is 8.98. The predicted molar refractivity (Wildman–Crippen MR) is 218 cm³/mol. The Bertz CT molecular complexity index is 2260. The highest BCUT2D eigenvalue weighted by molar-refractivity contribution is 6.10. The van der Waals surface area contributed by atoms with Crippen LogP contribution in [0.5, 0.6) is 11.5 Å². The van der Waals surface area contributed by atoms with Crippen LogP contribution in [-0.4, -0.2) is 53.7 Å². The molecule has 0 atom stereocenters. The van der Waals surface area contributed by atoms with Gasteiger partial charge in [0.2, 0.25) is 0 Å². The number of rotatable bonds is 13. The molecule has 2 amide bonds. The Morgan fingerprint density at radius 1 is 0.655 bits per heavy atom. The van der Waals surface area contributed by atoms with Crippen molar-refractivity contribution in [3.63, 3.8) is 0 Å². The second kappa shape index (κ2) is 21.5. The molecule has 0 aromatic heterocycles. The molecular weight excluding hydrogens is 749 g/mol. The largest absolute Gasteiger partial charge is 0.492 e. The van der Waals surface area contributed by atoms with E-state index in [1.54, 1.807) is 54.6 Å². The van der Waals surface area contributed by atoms with E-state index in [-0.39, 0.29) is 40.3 Å².